The summed E-state index contributed by atoms with van der Waals surface area (Å²) >= 11 is 1.44. The highest BCUT2D eigenvalue weighted by atomic mass is 32.2. The van der Waals surface area contributed by atoms with Gasteiger partial charge in [0.05, 0.1) is 12.0 Å². The van der Waals surface area contributed by atoms with Crippen molar-refractivity contribution in [2.75, 3.05) is 0 Å². The molecule has 0 fully saturated rings. The molecule has 2 rings (SSSR count). The zero-order valence-corrected chi connectivity index (χ0v) is 9.57. The van der Waals surface area contributed by atoms with E-state index in [1.165, 1.54) is 11.8 Å². The molecule has 0 aromatic heterocycles. The number of ether oxygens (including phenoxy) is 2. The Morgan fingerprint density at radius 2 is 2.62 bits per heavy atom. The van der Waals surface area contributed by atoms with Crippen molar-refractivity contribution in [1.29, 1.82) is 0 Å². The minimum absolute atomic E-state index is 0.120. The minimum Gasteiger partial charge on any atom is -0.481 e. The molecule has 0 aromatic carbocycles. The van der Waals surface area contributed by atoms with E-state index >= 15 is 0 Å². The molecule has 2 N–H and O–H groups in total. The van der Waals surface area contributed by atoms with Crippen molar-refractivity contribution >= 4 is 22.9 Å². The Kier molecular flexibility index (Phi) is 3.19. The van der Waals surface area contributed by atoms with Crippen LogP contribution in [0.5, 0.6) is 0 Å². The second-order valence-corrected chi connectivity index (χ2v) is 4.37. The van der Waals surface area contributed by atoms with E-state index in [0.29, 0.717) is 6.42 Å². The van der Waals surface area contributed by atoms with Crippen LogP contribution in [-0.2, 0) is 9.47 Å². The summed E-state index contributed by atoms with van der Waals surface area (Å²) < 4.78 is 10.3. The van der Waals surface area contributed by atoms with Crippen LogP contribution < -0.4 is 5.73 Å². The third-order valence-electron chi connectivity index (χ3n) is 2.16. The fraction of sp³-hybridized carbons (Fsp3) is 0.400. The number of allylic oxidation sites excluding steroid dienone is 2. The number of carbonyl (C=O) groups excluding carboxylic acids is 1. The molecule has 2 heterocycles. The van der Waals surface area contributed by atoms with E-state index in [1.807, 2.05) is 13.0 Å². The molecule has 0 bridgehead atoms. The van der Waals surface area contributed by atoms with Crippen molar-refractivity contribution in [3.05, 3.63) is 24.1 Å². The Labute approximate surface area is 97.4 Å². The van der Waals surface area contributed by atoms with E-state index in [-0.39, 0.29) is 11.5 Å². The smallest absolute Gasteiger partial charge is 0.405 e. The Morgan fingerprint density at radius 3 is 3.25 bits per heavy atom. The second-order valence-electron chi connectivity index (χ2n) is 3.29. The first-order valence-corrected chi connectivity index (χ1v) is 5.82. The fourth-order valence-corrected chi connectivity index (χ4v) is 2.56. The van der Waals surface area contributed by atoms with Crippen LogP contribution in [0.25, 0.3) is 0 Å². The SMILES string of the molecule is CCC(OC(N)=O)C1=NC2=CC=COC2S1. The van der Waals surface area contributed by atoms with Crippen LogP contribution in [0.3, 0.4) is 0 Å². The molecule has 0 aromatic rings. The number of hydrogen-bond donors (Lipinski definition) is 1. The third-order valence-corrected chi connectivity index (χ3v) is 3.32. The molecular weight excluding hydrogens is 228 g/mol. The van der Waals surface area contributed by atoms with E-state index in [9.17, 15) is 4.79 Å². The Balaban J connectivity index is 2.10. The highest BCUT2D eigenvalue weighted by Gasteiger charge is 2.32. The molecule has 6 heteroatoms. The summed E-state index contributed by atoms with van der Waals surface area (Å²) in [6.45, 7) is 1.91. The number of fused-ring (bicyclic) bond motifs is 1. The predicted octanol–water partition coefficient (Wildman–Crippen LogP) is 1.76. The number of primary amides is 1. The lowest BCUT2D eigenvalue weighted by molar-refractivity contribution is 0.136. The number of carbonyl (C=O) groups is 1. The highest BCUT2D eigenvalue weighted by molar-refractivity contribution is 8.15. The van der Waals surface area contributed by atoms with E-state index < -0.39 is 6.09 Å². The Morgan fingerprint density at radius 1 is 1.81 bits per heavy atom. The summed E-state index contributed by atoms with van der Waals surface area (Å²) in [5, 5.41) is 0.737. The molecule has 5 nitrogen and oxygen atoms in total. The molecule has 1 amide bonds. The number of nitrogens with two attached hydrogens (primary N) is 1. The van der Waals surface area contributed by atoms with E-state index in [0.717, 1.165) is 10.7 Å². The molecule has 2 aliphatic rings. The van der Waals surface area contributed by atoms with Crippen molar-refractivity contribution in [2.45, 2.75) is 24.9 Å². The Hall–Kier alpha value is -1.43. The van der Waals surface area contributed by atoms with Crippen molar-refractivity contribution in [3.8, 4) is 0 Å². The third kappa shape index (κ3) is 2.21. The van der Waals surface area contributed by atoms with Crippen LogP contribution in [0.4, 0.5) is 4.79 Å². The molecule has 86 valence electrons. The first-order chi connectivity index (χ1) is 7.70. The molecule has 0 saturated carbocycles. The van der Waals surface area contributed by atoms with Gasteiger partial charge in [-0.3, -0.25) is 0 Å². The van der Waals surface area contributed by atoms with Crippen molar-refractivity contribution in [3.63, 3.8) is 0 Å². The summed E-state index contributed by atoms with van der Waals surface area (Å²) in [6.07, 6.45) is 4.77. The van der Waals surface area contributed by atoms with Crippen LogP contribution >= 0.6 is 11.8 Å². The van der Waals surface area contributed by atoms with Crippen LogP contribution in [0.2, 0.25) is 0 Å². The van der Waals surface area contributed by atoms with Gasteiger partial charge in [0.25, 0.3) is 0 Å². The molecule has 0 spiro atoms. The van der Waals surface area contributed by atoms with Gasteiger partial charge in [0.15, 0.2) is 11.5 Å². The summed E-state index contributed by atoms with van der Waals surface area (Å²) in [5.41, 5.74) is 5.72. The summed E-state index contributed by atoms with van der Waals surface area (Å²) in [6, 6.07) is 0. The summed E-state index contributed by atoms with van der Waals surface area (Å²) in [7, 11) is 0. The van der Waals surface area contributed by atoms with Gasteiger partial charge < -0.3 is 15.2 Å². The number of amides is 1. The first-order valence-electron chi connectivity index (χ1n) is 4.94. The van der Waals surface area contributed by atoms with E-state index in [1.54, 1.807) is 12.3 Å². The van der Waals surface area contributed by atoms with Gasteiger partial charge >= 0.3 is 6.09 Å². The molecule has 2 atom stereocenters. The van der Waals surface area contributed by atoms with Crippen molar-refractivity contribution < 1.29 is 14.3 Å². The maximum absolute atomic E-state index is 10.7. The van der Waals surface area contributed by atoms with Gasteiger partial charge in [-0.15, -0.1) is 0 Å². The molecule has 0 aliphatic carbocycles. The largest absolute Gasteiger partial charge is 0.481 e. The normalized spacial score (nSPS) is 23.9. The lowest BCUT2D eigenvalue weighted by Crippen LogP contribution is -2.27. The number of aliphatic imine (C=N–C) groups is 1. The van der Waals surface area contributed by atoms with Gasteiger partial charge in [-0.25, -0.2) is 9.79 Å². The Bertz CT molecular complexity index is 390. The highest BCUT2D eigenvalue weighted by Crippen LogP contribution is 2.35. The molecule has 0 radical (unpaired) electrons. The lowest BCUT2D eigenvalue weighted by atomic mass is 10.3. The topological polar surface area (TPSA) is 73.9 Å². The maximum Gasteiger partial charge on any atom is 0.405 e. The monoisotopic (exact) mass is 240 g/mol. The predicted molar refractivity (Wildman–Crippen MR) is 61.9 cm³/mol. The number of nitrogens with zero attached hydrogens (tertiary/aromatic N) is 1. The first kappa shape index (κ1) is 11.1. The standard InChI is InChI=1S/C10H12N2O3S/c1-2-7(15-10(11)13)8-12-6-4-3-5-14-9(6)16-8/h3-5,7,9H,2H2,1H3,(H2,11,13). The van der Waals surface area contributed by atoms with Gasteiger partial charge in [0.1, 0.15) is 5.04 Å². The average molecular weight is 240 g/mol. The van der Waals surface area contributed by atoms with Gasteiger partial charge in [0.2, 0.25) is 0 Å². The quantitative estimate of drug-likeness (QED) is 0.815. The van der Waals surface area contributed by atoms with Crippen molar-refractivity contribution in [2.24, 2.45) is 10.7 Å². The molecule has 0 saturated heterocycles. The van der Waals surface area contributed by atoms with Crippen LogP contribution in [0.15, 0.2) is 29.1 Å². The number of rotatable bonds is 3. The van der Waals surface area contributed by atoms with Crippen molar-refractivity contribution in [1.82, 2.24) is 0 Å². The number of hydrogen-bond acceptors (Lipinski definition) is 5. The van der Waals surface area contributed by atoms with Gasteiger partial charge in [-0.05, 0) is 18.6 Å². The van der Waals surface area contributed by atoms with Gasteiger partial charge in [-0.2, -0.15) is 0 Å². The second kappa shape index (κ2) is 4.61. The molecular formula is C10H12N2O3S. The van der Waals surface area contributed by atoms with E-state index in [2.05, 4.69) is 4.99 Å². The summed E-state index contributed by atoms with van der Waals surface area (Å²) in [5.74, 6) is 0. The zero-order valence-electron chi connectivity index (χ0n) is 8.75. The van der Waals surface area contributed by atoms with Gasteiger partial charge in [-0.1, -0.05) is 18.7 Å². The van der Waals surface area contributed by atoms with Crippen LogP contribution in [0.1, 0.15) is 13.3 Å². The molecule has 16 heavy (non-hydrogen) atoms. The molecule has 2 unspecified atom stereocenters. The average Bonchev–Trinajstić information content (AvgIpc) is 2.68. The van der Waals surface area contributed by atoms with Gasteiger partial charge in [0, 0.05) is 0 Å². The van der Waals surface area contributed by atoms with Crippen LogP contribution in [-0.4, -0.2) is 22.7 Å². The summed E-state index contributed by atoms with van der Waals surface area (Å²) in [4.78, 5) is 15.1. The fourth-order valence-electron chi connectivity index (χ4n) is 1.44. The zero-order chi connectivity index (χ0) is 11.5. The van der Waals surface area contributed by atoms with E-state index in [4.69, 9.17) is 15.2 Å². The minimum atomic E-state index is -0.780. The number of thioether (sulfide) groups is 1. The maximum atomic E-state index is 10.7. The lowest BCUT2D eigenvalue weighted by Gasteiger charge is -2.15. The van der Waals surface area contributed by atoms with Crippen LogP contribution in [0, 0.1) is 0 Å². The molecule has 2 aliphatic heterocycles.